The van der Waals surface area contributed by atoms with Crippen LogP contribution in [0.3, 0.4) is 0 Å². The normalized spacial score (nSPS) is 12.7. The molecule has 0 saturated heterocycles. The van der Waals surface area contributed by atoms with E-state index in [1.54, 1.807) is 7.11 Å². The van der Waals surface area contributed by atoms with Crippen LogP contribution in [0.1, 0.15) is 5.56 Å². The second kappa shape index (κ2) is 8.60. The maximum absolute atomic E-state index is 12.2. The number of nitrogens with two attached hydrogens (primary N) is 1. The van der Waals surface area contributed by atoms with Gasteiger partial charge in [0, 0.05) is 24.9 Å². The Balaban J connectivity index is 2.50. The van der Waals surface area contributed by atoms with Gasteiger partial charge in [-0.1, -0.05) is 18.2 Å². The number of halogens is 3. The smallest absolute Gasteiger partial charge is 0.380 e. The molecule has 1 rings (SSSR count). The number of anilines is 1. The molecule has 0 bridgehead atoms. The van der Waals surface area contributed by atoms with E-state index in [-0.39, 0.29) is 19.0 Å². The van der Waals surface area contributed by atoms with E-state index >= 15 is 0 Å². The highest BCUT2D eigenvalue weighted by Crippen LogP contribution is 2.16. The maximum Gasteiger partial charge on any atom is 0.401 e. The molecule has 0 aliphatic heterocycles. The molecular formula is C14H21F3N4O. The molecule has 0 amide bonds. The number of ether oxygens (including phenoxy) is 1. The first kappa shape index (κ1) is 18.2. The summed E-state index contributed by atoms with van der Waals surface area (Å²) in [6, 6.07) is 7.42. The zero-order valence-corrected chi connectivity index (χ0v) is 12.7. The lowest BCUT2D eigenvalue weighted by atomic mass is 10.2. The zero-order chi connectivity index (χ0) is 16.6. The summed E-state index contributed by atoms with van der Waals surface area (Å²) in [6.45, 7) is -0.198. The molecule has 1 aromatic rings. The fourth-order valence-corrected chi connectivity index (χ4v) is 1.83. The topological polar surface area (TPSA) is 62.9 Å². The number of benzene rings is 1. The van der Waals surface area contributed by atoms with Crippen LogP contribution in [0.25, 0.3) is 0 Å². The zero-order valence-electron chi connectivity index (χ0n) is 12.7. The molecule has 0 fully saturated rings. The number of alkyl halides is 3. The molecular weight excluding hydrogens is 297 g/mol. The van der Waals surface area contributed by atoms with Crippen molar-refractivity contribution < 1.29 is 17.9 Å². The summed E-state index contributed by atoms with van der Waals surface area (Å²) in [6.07, 6.45) is -4.21. The van der Waals surface area contributed by atoms with E-state index in [1.165, 1.54) is 7.05 Å². The van der Waals surface area contributed by atoms with Crippen LogP contribution in [0.15, 0.2) is 29.3 Å². The van der Waals surface area contributed by atoms with E-state index in [1.807, 2.05) is 24.3 Å². The van der Waals surface area contributed by atoms with Gasteiger partial charge in [-0.2, -0.15) is 13.2 Å². The Labute approximate surface area is 128 Å². The van der Waals surface area contributed by atoms with Gasteiger partial charge in [0.1, 0.15) is 0 Å². The van der Waals surface area contributed by atoms with Gasteiger partial charge in [0.25, 0.3) is 0 Å². The minimum Gasteiger partial charge on any atom is -0.380 e. The van der Waals surface area contributed by atoms with Crippen LogP contribution in [0.2, 0.25) is 0 Å². The molecule has 8 heteroatoms. The highest BCUT2D eigenvalue weighted by atomic mass is 19.4. The highest BCUT2D eigenvalue weighted by molar-refractivity contribution is 5.92. The Kier molecular flexibility index (Phi) is 7.13. The van der Waals surface area contributed by atoms with Crippen LogP contribution in [0, 0.1) is 0 Å². The molecule has 0 saturated carbocycles. The summed E-state index contributed by atoms with van der Waals surface area (Å²) >= 11 is 0. The molecule has 0 atom stereocenters. The van der Waals surface area contributed by atoms with Crippen LogP contribution in [0.4, 0.5) is 18.9 Å². The van der Waals surface area contributed by atoms with E-state index in [2.05, 4.69) is 10.3 Å². The number of nitrogens with one attached hydrogen (secondary N) is 1. The standard InChI is InChI=1S/C14H21F3N4O/c1-21(10-14(15,16)17)8-7-19-13(18)20-12-6-4-3-5-11(12)9-22-2/h3-6H,7-10H2,1-2H3,(H3,18,19,20). The predicted molar refractivity (Wildman–Crippen MR) is 80.8 cm³/mol. The summed E-state index contributed by atoms with van der Waals surface area (Å²) in [5.74, 6) is 0.156. The Morgan fingerprint density at radius 1 is 1.36 bits per heavy atom. The Hall–Kier alpha value is -1.80. The van der Waals surface area contributed by atoms with Crippen LogP contribution in [-0.4, -0.2) is 50.8 Å². The number of aliphatic imine (C=N–C) groups is 1. The average molecular weight is 318 g/mol. The van der Waals surface area contributed by atoms with Crippen molar-refractivity contribution in [2.45, 2.75) is 12.8 Å². The van der Waals surface area contributed by atoms with Crippen molar-refractivity contribution in [3.63, 3.8) is 0 Å². The van der Waals surface area contributed by atoms with E-state index in [0.29, 0.717) is 6.61 Å². The molecule has 0 aliphatic rings. The number of hydrogen-bond acceptors (Lipinski definition) is 3. The van der Waals surface area contributed by atoms with Gasteiger partial charge in [0.2, 0.25) is 0 Å². The van der Waals surface area contributed by atoms with Crippen molar-refractivity contribution in [3.05, 3.63) is 29.8 Å². The second-order valence-electron chi connectivity index (χ2n) is 4.84. The summed E-state index contributed by atoms with van der Waals surface area (Å²) < 4.78 is 41.6. The van der Waals surface area contributed by atoms with Crippen molar-refractivity contribution in [2.24, 2.45) is 10.7 Å². The number of nitrogens with zero attached hydrogens (tertiary/aromatic N) is 2. The molecule has 3 N–H and O–H groups in total. The quantitative estimate of drug-likeness (QED) is 0.597. The lowest BCUT2D eigenvalue weighted by molar-refractivity contribution is -0.142. The fraction of sp³-hybridized carbons (Fsp3) is 0.500. The van der Waals surface area contributed by atoms with Crippen molar-refractivity contribution in [1.82, 2.24) is 4.90 Å². The highest BCUT2D eigenvalue weighted by Gasteiger charge is 2.28. The van der Waals surface area contributed by atoms with E-state index in [0.717, 1.165) is 16.2 Å². The van der Waals surface area contributed by atoms with Crippen molar-refractivity contribution in [1.29, 1.82) is 0 Å². The molecule has 0 heterocycles. The third kappa shape index (κ3) is 7.28. The van der Waals surface area contributed by atoms with Gasteiger partial charge in [-0.05, 0) is 13.1 Å². The third-order valence-corrected chi connectivity index (χ3v) is 2.79. The van der Waals surface area contributed by atoms with Gasteiger partial charge in [0.05, 0.1) is 19.7 Å². The lowest BCUT2D eigenvalue weighted by Gasteiger charge is -2.17. The van der Waals surface area contributed by atoms with Gasteiger partial charge in [-0.3, -0.25) is 9.89 Å². The van der Waals surface area contributed by atoms with Gasteiger partial charge < -0.3 is 15.8 Å². The van der Waals surface area contributed by atoms with Crippen LogP contribution < -0.4 is 11.1 Å². The average Bonchev–Trinajstić information content (AvgIpc) is 2.39. The fourth-order valence-electron chi connectivity index (χ4n) is 1.83. The molecule has 0 aromatic heterocycles. The molecule has 1 aromatic carbocycles. The monoisotopic (exact) mass is 318 g/mol. The van der Waals surface area contributed by atoms with Gasteiger partial charge >= 0.3 is 6.18 Å². The summed E-state index contributed by atoms with van der Waals surface area (Å²) in [4.78, 5) is 5.17. The Morgan fingerprint density at radius 3 is 2.68 bits per heavy atom. The summed E-state index contributed by atoms with van der Waals surface area (Å²) in [5, 5.41) is 2.92. The van der Waals surface area contributed by atoms with Crippen LogP contribution in [-0.2, 0) is 11.3 Å². The minimum atomic E-state index is -4.21. The van der Waals surface area contributed by atoms with E-state index < -0.39 is 12.7 Å². The Morgan fingerprint density at radius 2 is 2.05 bits per heavy atom. The van der Waals surface area contributed by atoms with Crippen molar-refractivity contribution in [3.8, 4) is 0 Å². The number of hydrogen-bond donors (Lipinski definition) is 2. The number of methoxy groups -OCH3 is 1. The van der Waals surface area contributed by atoms with Crippen molar-refractivity contribution in [2.75, 3.05) is 39.1 Å². The number of rotatable bonds is 7. The van der Waals surface area contributed by atoms with Gasteiger partial charge in [-0.25, -0.2) is 0 Å². The second-order valence-corrected chi connectivity index (χ2v) is 4.84. The molecule has 124 valence electrons. The molecule has 0 unspecified atom stereocenters. The molecule has 0 spiro atoms. The van der Waals surface area contributed by atoms with Crippen molar-refractivity contribution >= 4 is 11.6 Å². The first-order valence-corrected chi connectivity index (χ1v) is 6.71. The first-order valence-electron chi connectivity index (χ1n) is 6.71. The Bertz CT molecular complexity index is 491. The van der Waals surface area contributed by atoms with Crippen LogP contribution >= 0.6 is 0 Å². The third-order valence-electron chi connectivity index (χ3n) is 2.79. The number of guanidine groups is 1. The summed E-state index contributed by atoms with van der Waals surface area (Å²) in [7, 11) is 2.98. The summed E-state index contributed by atoms with van der Waals surface area (Å²) in [5.41, 5.74) is 7.41. The van der Waals surface area contributed by atoms with Gasteiger partial charge in [-0.15, -0.1) is 0 Å². The molecule has 0 radical (unpaired) electrons. The SMILES string of the molecule is COCc1ccccc1NC(N)=NCCN(C)CC(F)(F)F. The largest absolute Gasteiger partial charge is 0.401 e. The lowest BCUT2D eigenvalue weighted by Crippen LogP contribution is -2.33. The first-order chi connectivity index (χ1) is 10.3. The van der Waals surface area contributed by atoms with E-state index in [4.69, 9.17) is 10.5 Å². The van der Waals surface area contributed by atoms with Crippen LogP contribution in [0.5, 0.6) is 0 Å². The maximum atomic E-state index is 12.2. The molecule has 0 aliphatic carbocycles. The molecule has 22 heavy (non-hydrogen) atoms. The van der Waals surface area contributed by atoms with Gasteiger partial charge in [0.15, 0.2) is 5.96 Å². The molecule has 5 nitrogen and oxygen atoms in total. The minimum absolute atomic E-state index is 0.156. The van der Waals surface area contributed by atoms with E-state index in [9.17, 15) is 13.2 Å². The number of para-hydroxylation sites is 1. The predicted octanol–water partition coefficient (Wildman–Crippen LogP) is 2.05. The number of likely N-dealkylation sites (N-methyl/N-ethyl adjacent to an activating group) is 1.